The first-order chi connectivity index (χ1) is 8.74. The first-order valence-corrected chi connectivity index (χ1v) is 6.51. The van der Waals surface area contributed by atoms with Gasteiger partial charge >= 0.3 is 0 Å². The molecule has 2 rings (SSSR count). The molecule has 100 valence electrons. The largest absolute Gasteiger partial charge is 0.379 e. The van der Waals surface area contributed by atoms with Gasteiger partial charge in [-0.2, -0.15) is 0 Å². The first kappa shape index (κ1) is 13.1. The second kappa shape index (κ2) is 6.00. The van der Waals surface area contributed by atoms with Crippen LogP contribution in [0.15, 0.2) is 12.7 Å². The van der Waals surface area contributed by atoms with Gasteiger partial charge in [0, 0.05) is 13.1 Å². The topological polar surface area (TPSA) is 49.9 Å². The van der Waals surface area contributed by atoms with Crippen LogP contribution in [0.2, 0.25) is 0 Å². The molecule has 18 heavy (non-hydrogen) atoms. The van der Waals surface area contributed by atoms with Crippen molar-refractivity contribution in [2.45, 2.75) is 25.3 Å². The Morgan fingerprint density at radius 2 is 2.22 bits per heavy atom. The first-order valence-electron chi connectivity index (χ1n) is 6.51. The lowest BCUT2D eigenvalue weighted by molar-refractivity contribution is -0.154. The summed E-state index contributed by atoms with van der Waals surface area (Å²) >= 11 is 0. The number of carbonyl (C=O) groups excluding carboxylic acids is 2. The van der Waals surface area contributed by atoms with Crippen molar-refractivity contribution in [2.24, 2.45) is 0 Å². The van der Waals surface area contributed by atoms with Gasteiger partial charge in [0.05, 0.1) is 19.8 Å². The fourth-order valence-corrected chi connectivity index (χ4v) is 2.50. The summed E-state index contributed by atoms with van der Waals surface area (Å²) < 4.78 is 5.38. The van der Waals surface area contributed by atoms with E-state index < -0.39 is 0 Å². The molecule has 0 spiro atoms. The van der Waals surface area contributed by atoms with E-state index in [4.69, 9.17) is 4.74 Å². The van der Waals surface area contributed by atoms with Crippen LogP contribution in [-0.4, -0.2) is 60.5 Å². The molecule has 2 amide bonds. The summed E-state index contributed by atoms with van der Waals surface area (Å²) in [5, 5.41) is 0. The summed E-state index contributed by atoms with van der Waals surface area (Å²) in [4.78, 5) is 27.3. The fourth-order valence-electron chi connectivity index (χ4n) is 2.50. The Morgan fingerprint density at radius 1 is 1.39 bits per heavy atom. The average molecular weight is 252 g/mol. The molecule has 1 unspecified atom stereocenters. The molecule has 0 aromatic rings. The number of hydrogen-bond donors (Lipinski definition) is 0. The van der Waals surface area contributed by atoms with Crippen LogP contribution in [0.4, 0.5) is 0 Å². The molecule has 0 radical (unpaired) electrons. The molecule has 2 saturated heterocycles. The molecule has 0 aromatic carbocycles. The molecule has 0 saturated carbocycles. The standard InChI is InChI=1S/C13H20N2O3/c1-2-3-8-18-9-7-14-10-12(16)15-6-4-5-11(15)13(14)17/h2,11H,1,3-10H2. The third-order valence-electron chi connectivity index (χ3n) is 3.47. The molecule has 0 bridgehead atoms. The minimum absolute atomic E-state index is 0.0724. The molecule has 2 aliphatic heterocycles. The Balaban J connectivity index is 1.80. The molecule has 1 atom stereocenters. The summed E-state index contributed by atoms with van der Waals surface area (Å²) in [6.07, 6.45) is 4.35. The maximum Gasteiger partial charge on any atom is 0.245 e. The molecule has 2 heterocycles. The van der Waals surface area contributed by atoms with Crippen molar-refractivity contribution < 1.29 is 14.3 Å². The van der Waals surface area contributed by atoms with Crippen LogP contribution in [0.25, 0.3) is 0 Å². The molecule has 2 fully saturated rings. The lowest BCUT2D eigenvalue weighted by Crippen LogP contribution is -2.57. The normalized spacial score (nSPS) is 23.4. The van der Waals surface area contributed by atoms with Gasteiger partial charge in [-0.25, -0.2) is 0 Å². The number of fused-ring (bicyclic) bond motifs is 1. The highest BCUT2D eigenvalue weighted by Crippen LogP contribution is 2.23. The lowest BCUT2D eigenvalue weighted by Gasteiger charge is -2.36. The third kappa shape index (κ3) is 2.72. The van der Waals surface area contributed by atoms with Crippen LogP contribution >= 0.6 is 0 Å². The van der Waals surface area contributed by atoms with E-state index in [-0.39, 0.29) is 24.4 Å². The van der Waals surface area contributed by atoms with Crippen LogP contribution in [0.3, 0.4) is 0 Å². The molecule has 0 N–H and O–H groups in total. The van der Waals surface area contributed by atoms with Crippen LogP contribution in [-0.2, 0) is 14.3 Å². The Hall–Kier alpha value is -1.36. The number of piperazine rings is 1. The molecular formula is C13H20N2O3. The number of nitrogens with zero attached hydrogens (tertiary/aromatic N) is 2. The van der Waals surface area contributed by atoms with Gasteiger partial charge in [-0.05, 0) is 19.3 Å². The maximum absolute atomic E-state index is 12.1. The zero-order chi connectivity index (χ0) is 13.0. The van der Waals surface area contributed by atoms with Crippen molar-refractivity contribution >= 4 is 11.8 Å². The zero-order valence-corrected chi connectivity index (χ0v) is 10.6. The van der Waals surface area contributed by atoms with Crippen molar-refractivity contribution in [3.63, 3.8) is 0 Å². The Labute approximate surface area is 107 Å². The Morgan fingerprint density at radius 3 is 3.00 bits per heavy atom. The van der Waals surface area contributed by atoms with Gasteiger partial charge < -0.3 is 14.5 Å². The van der Waals surface area contributed by atoms with Crippen LogP contribution in [0.5, 0.6) is 0 Å². The Bertz CT molecular complexity index is 343. The van der Waals surface area contributed by atoms with E-state index >= 15 is 0 Å². The smallest absolute Gasteiger partial charge is 0.245 e. The van der Waals surface area contributed by atoms with Crippen molar-refractivity contribution in [1.82, 2.24) is 9.80 Å². The van der Waals surface area contributed by atoms with E-state index in [1.165, 1.54) is 0 Å². The van der Waals surface area contributed by atoms with Gasteiger partial charge in [0.15, 0.2) is 0 Å². The van der Waals surface area contributed by atoms with Gasteiger partial charge in [0.1, 0.15) is 6.04 Å². The number of ether oxygens (including phenoxy) is 1. The van der Waals surface area contributed by atoms with E-state index in [0.717, 1.165) is 25.8 Å². The van der Waals surface area contributed by atoms with Gasteiger partial charge in [0.2, 0.25) is 11.8 Å². The number of hydrogen-bond acceptors (Lipinski definition) is 3. The van der Waals surface area contributed by atoms with E-state index in [2.05, 4.69) is 6.58 Å². The lowest BCUT2D eigenvalue weighted by atomic mass is 10.1. The van der Waals surface area contributed by atoms with Gasteiger partial charge in [-0.1, -0.05) is 6.08 Å². The molecule has 5 heteroatoms. The average Bonchev–Trinajstić information content (AvgIpc) is 2.84. The second-order valence-electron chi connectivity index (χ2n) is 4.69. The predicted molar refractivity (Wildman–Crippen MR) is 66.9 cm³/mol. The fraction of sp³-hybridized carbons (Fsp3) is 0.692. The maximum atomic E-state index is 12.1. The summed E-state index contributed by atoms with van der Waals surface area (Å²) in [5.74, 6) is 0.155. The molecule has 0 aliphatic carbocycles. The van der Waals surface area contributed by atoms with Crippen molar-refractivity contribution in [1.29, 1.82) is 0 Å². The highest BCUT2D eigenvalue weighted by molar-refractivity contribution is 5.95. The predicted octanol–water partition coefficient (Wildman–Crippen LogP) is 0.412. The van der Waals surface area contributed by atoms with E-state index in [1.807, 2.05) is 0 Å². The van der Waals surface area contributed by atoms with Crippen molar-refractivity contribution in [3.8, 4) is 0 Å². The molecule has 0 aromatic heterocycles. The number of amides is 2. The monoisotopic (exact) mass is 252 g/mol. The summed E-state index contributed by atoms with van der Waals surface area (Å²) in [6, 6.07) is -0.209. The second-order valence-corrected chi connectivity index (χ2v) is 4.69. The van der Waals surface area contributed by atoms with Crippen molar-refractivity contribution in [2.75, 3.05) is 32.8 Å². The van der Waals surface area contributed by atoms with E-state index in [9.17, 15) is 9.59 Å². The summed E-state index contributed by atoms with van der Waals surface area (Å²) in [5.41, 5.74) is 0. The van der Waals surface area contributed by atoms with Gasteiger partial charge in [-0.15, -0.1) is 6.58 Å². The quantitative estimate of drug-likeness (QED) is 0.508. The highest BCUT2D eigenvalue weighted by Gasteiger charge is 2.41. The molecule has 5 nitrogen and oxygen atoms in total. The third-order valence-corrected chi connectivity index (χ3v) is 3.47. The van der Waals surface area contributed by atoms with E-state index in [1.54, 1.807) is 15.9 Å². The molecule has 2 aliphatic rings. The van der Waals surface area contributed by atoms with Crippen LogP contribution in [0.1, 0.15) is 19.3 Å². The number of rotatable bonds is 6. The van der Waals surface area contributed by atoms with Crippen LogP contribution < -0.4 is 0 Å². The minimum Gasteiger partial charge on any atom is -0.379 e. The highest BCUT2D eigenvalue weighted by atomic mass is 16.5. The van der Waals surface area contributed by atoms with Crippen molar-refractivity contribution in [3.05, 3.63) is 12.7 Å². The summed E-state index contributed by atoms with van der Waals surface area (Å²) in [7, 11) is 0. The SMILES string of the molecule is C=CCCOCCN1CC(=O)N2CCCC2C1=O. The zero-order valence-electron chi connectivity index (χ0n) is 10.6. The van der Waals surface area contributed by atoms with E-state index in [0.29, 0.717) is 19.8 Å². The Kier molecular flexibility index (Phi) is 4.36. The van der Waals surface area contributed by atoms with Gasteiger partial charge in [0.25, 0.3) is 0 Å². The minimum atomic E-state index is -0.209. The van der Waals surface area contributed by atoms with Crippen LogP contribution in [0, 0.1) is 0 Å². The number of carbonyl (C=O) groups is 2. The van der Waals surface area contributed by atoms with Gasteiger partial charge in [-0.3, -0.25) is 9.59 Å². The molecular weight excluding hydrogens is 232 g/mol. The summed E-state index contributed by atoms with van der Waals surface area (Å²) in [6.45, 7) is 6.17.